The van der Waals surface area contributed by atoms with Gasteiger partial charge in [-0.2, -0.15) is 12.6 Å². The summed E-state index contributed by atoms with van der Waals surface area (Å²) in [5.41, 5.74) is 1.63. The van der Waals surface area contributed by atoms with Gasteiger partial charge in [0.1, 0.15) is 30.9 Å². The zero-order valence-corrected chi connectivity index (χ0v) is 30.1. The van der Waals surface area contributed by atoms with Gasteiger partial charge in [-0.3, -0.25) is 34.1 Å². The lowest BCUT2D eigenvalue weighted by Crippen LogP contribution is -2.59. The number of terminal acetylenes is 1. The molecule has 0 aliphatic carbocycles. The number of benzene rings is 1. The molecule has 0 spiro atoms. The van der Waals surface area contributed by atoms with E-state index in [9.17, 15) is 39.0 Å². The van der Waals surface area contributed by atoms with Crippen molar-refractivity contribution in [3.8, 4) is 12.3 Å². The van der Waals surface area contributed by atoms with Crippen LogP contribution in [0.5, 0.6) is 0 Å². The summed E-state index contributed by atoms with van der Waals surface area (Å²) in [6, 6.07) is 2.53. The SMILES string of the molecule is C#CCCC(=O)NC(CCCCNCC)C(=O)NCCC(O)NC(CS)C(=O)NC(Cc1ccc(C)cc1)C(=O)NC(CO)C(=O)NCC(=O)O. The predicted molar refractivity (Wildman–Crippen MR) is 193 cm³/mol. The molecule has 1 aromatic rings. The Bertz CT molecular complexity index is 1310. The minimum atomic E-state index is -1.49. The number of hydrogen-bond acceptors (Lipinski definition) is 11. The molecule has 16 nitrogen and oxygen atoms in total. The van der Waals surface area contributed by atoms with E-state index in [1.807, 2.05) is 26.0 Å². The number of hydrogen-bond donors (Lipinski definition) is 11. The van der Waals surface area contributed by atoms with Crippen LogP contribution in [0.1, 0.15) is 56.6 Å². The van der Waals surface area contributed by atoms with Crippen LogP contribution in [0.2, 0.25) is 0 Å². The molecule has 0 bridgehead atoms. The highest BCUT2D eigenvalue weighted by Gasteiger charge is 2.30. The van der Waals surface area contributed by atoms with Crippen molar-refractivity contribution in [2.75, 3.05) is 38.5 Å². The molecule has 5 amide bonds. The van der Waals surface area contributed by atoms with Gasteiger partial charge >= 0.3 is 5.97 Å². The molecule has 0 heterocycles. The first-order chi connectivity index (χ1) is 24.3. The molecule has 10 N–H and O–H groups in total. The molecule has 284 valence electrons. The minimum absolute atomic E-state index is 0.00379. The van der Waals surface area contributed by atoms with Crippen LogP contribution >= 0.6 is 12.6 Å². The van der Waals surface area contributed by atoms with Crippen molar-refractivity contribution in [3.05, 3.63) is 35.4 Å². The summed E-state index contributed by atoms with van der Waals surface area (Å²) < 4.78 is 0. The zero-order valence-electron chi connectivity index (χ0n) is 29.2. The Labute approximate surface area is 304 Å². The summed E-state index contributed by atoms with van der Waals surface area (Å²) in [4.78, 5) is 74.9. The molecule has 17 heteroatoms. The highest BCUT2D eigenvalue weighted by molar-refractivity contribution is 7.80. The standard InChI is InChI=1S/C34H53N7O9S/c1-4-6-10-28(43)38-24(9-7-8-16-35-5-2)31(47)36-17-15-29(44)39-27(21-51)34(50)40-25(18-23-13-11-22(3)12-14-23)33(49)41-26(20-42)32(48)37-19-30(45)46/h1,11-14,24-27,29,35,39,42,44,51H,5-10,15-21H2,2-3H3,(H,36,47)(H,37,48)(H,38,43)(H,40,50)(H,41,49)(H,45,46). The van der Waals surface area contributed by atoms with Crippen LogP contribution in [-0.2, 0) is 35.2 Å². The molecule has 0 saturated heterocycles. The van der Waals surface area contributed by atoms with Crippen LogP contribution in [0.3, 0.4) is 0 Å². The van der Waals surface area contributed by atoms with Crippen LogP contribution in [0, 0.1) is 19.3 Å². The van der Waals surface area contributed by atoms with Gasteiger partial charge in [-0.1, -0.05) is 36.8 Å². The number of nitrogens with one attached hydrogen (secondary N) is 7. The van der Waals surface area contributed by atoms with E-state index in [0.717, 1.165) is 25.1 Å². The number of aliphatic hydroxyl groups excluding tert-OH is 2. The lowest BCUT2D eigenvalue weighted by atomic mass is 10.0. The maximum Gasteiger partial charge on any atom is 0.322 e. The molecule has 1 aromatic carbocycles. The van der Waals surface area contributed by atoms with E-state index in [4.69, 9.17) is 11.5 Å². The highest BCUT2D eigenvalue weighted by atomic mass is 32.1. The average molecular weight is 736 g/mol. The molecule has 0 saturated carbocycles. The average Bonchev–Trinajstić information content (AvgIpc) is 3.10. The van der Waals surface area contributed by atoms with Crippen molar-refractivity contribution < 1.29 is 44.1 Å². The van der Waals surface area contributed by atoms with Crippen LogP contribution in [0.25, 0.3) is 0 Å². The van der Waals surface area contributed by atoms with Gasteiger partial charge in [-0.25, -0.2) is 0 Å². The van der Waals surface area contributed by atoms with Crippen molar-refractivity contribution in [2.45, 2.75) is 89.2 Å². The Balaban J connectivity index is 2.88. The summed E-state index contributed by atoms with van der Waals surface area (Å²) in [6.45, 7) is 3.92. The Morgan fingerprint density at radius 1 is 0.843 bits per heavy atom. The third-order valence-electron chi connectivity index (χ3n) is 7.53. The topological polar surface area (TPSA) is 247 Å². The lowest BCUT2D eigenvalue weighted by molar-refractivity contribution is -0.139. The van der Waals surface area contributed by atoms with Gasteiger partial charge in [0.2, 0.25) is 29.5 Å². The molecule has 5 unspecified atom stereocenters. The first-order valence-electron chi connectivity index (χ1n) is 16.9. The van der Waals surface area contributed by atoms with E-state index in [1.165, 1.54) is 0 Å². The molecular formula is C34H53N7O9S. The van der Waals surface area contributed by atoms with Crippen molar-refractivity contribution in [1.29, 1.82) is 0 Å². The highest BCUT2D eigenvalue weighted by Crippen LogP contribution is 2.08. The third kappa shape index (κ3) is 19.1. The fourth-order valence-electron chi connectivity index (χ4n) is 4.67. The molecule has 0 fully saturated rings. The van der Waals surface area contributed by atoms with E-state index in [2.05, 4.69) is 55.8 Å². The second kappa shape index (κ2) is 25.7. The molecule has 0 aromatic heterocycles. The number of carboxylic acids is 1. The second-order valence-electron chi connectivity index (χ2n) is 11.8. The third-order valence-corrected chi connectivity index (χ3v) is 7.89. The fraction of sp³-hybridized carbons (Fsp3) is 0.588. The van der Waals surface area contributed by atoms with E-state index in [1.54, 1.807) is 12.1 Å². The number of rotatable bonds is 26. The first kappa shape index (κ1) is 44.8. The van der Waals surface area contributed by atoms with Gasteiger partial charge in [0, 0.05) is 38.0 Å². The van der Waals surface area contributed by atoms with Gasteiger partial charge in [-0.05, 0) is 44.8 Å². The molecule has 51 heavy (non-hydrogen) atoms. The van der Waals surface area contributed by atoms with Gasteiger partial charge in [0.25, 0.3) is 0 Å². The summed E-state index contributed by atoms with van der Waals surface area (Å²) in [5, 5.41) is 47.5. The molecule has 1 rings (SSSR count). The van der Waals surface area contributed by atoms with Gasteiger partial charge in [0.15, 0.2) is 0 Å². The molecular weight excluding hydrogens is 682 g/mol. The van der Waals surface area contributed by atoms with Gasteiger partial charge in [-0.15, -0.1) is 12.3 Å². The number of unbranched alkanes of at least 4 members (excludes halogenated alkanes) is 1. The van der Waals surface area contributed by atoms with Crippen LogP contribution < -0.4 is 37.2 Å². The minimum Gasteiger partial charge on any atom is -0.480 e. The summed E-state index contributed by atoms with van der Waals surface area (Å²) >= 11 is 4.22. The number of aliphatic hydroxyl groups is 2. The van der Waals surface area contributed by atoms with Crippen molar-refractivity contribution in [3.63, 3.8) is 0 Å². The maximum absolute atomic E-state index is 13.3. The lowest BCUT2D eigenvalue weighted by Gasteiger charge is -2.26. The first-order valence-corrected chi connectivity index (χ1v) is 17.5. The number of thiol groups is 1. The van der Waals surface area contributed by atoms with E-state index < -0.39 is 73.1 Å². The largest absolute Gasteiger partial charge is 0.480 e. The molecule has 0 aliphatic rings. The smallest absolute Gasteiger partial charge is 0.322 e. The Morgan fingerprint density at radius 2 is 1.49 bits per heavy atom. The second-order valence-corrected chi connectivity index (χ2v) is 12.1. The van der Waals surface area contributed by atoms with Gasteiger partial charge in [0.05, 0.1) is 12.6 Å². The van der Waals surface area contributed by atoms with E-state index in [0.29, 0.717) is 18.4 Å². The summed E-state index contributed by atoms with van der Waals surface area (Å²) in [7, 11) is 0. The normalized spacial score (nSPS) is 13.7. The van der Waals surface area contributed by atoms with E-state index in [-0.39, 0.29) is 43.9 Å². The molecule has 0 radical (unpaired) electrons. The Morgan fingerprint density at radius 3 is 2.10 bits per heavy atom. The monoisotopic (exact) mass is 735 g/mol. The number of aryl methyl sites for hydroxylation is 1. The summed E-state index contributed by atoms with van der Waals surface area (Å²) in [6.07, 6.45) is 6.18. The van der Waals surface area contributed by atoms with Crippen molar-refractivity contribution in [2.24, 2.45) is 0 Å². The number of carbonyl (C=O) groups excluding carboxylic acids is 5. The van der Waals surface area contributed by atoms with Crippen LogP contribution in [0.4, 0.5) is 0 Å². The van der Waals surface area contributed by atoms with Crippen molar-refractivity contribution in [1.82, 2.24) is 37.2 Å². The molecule has 0 aliphatic heterocycles. The number of amides is 5. The van der Waals surface area contributed by atoms with Crippen LogP contribution in [0.15, 0.2) is 24.3 Å². The number of carboxylic acid groups (broad SMARTS) is 1. The number of aliphatic carboxylic acids is 1. The fourth-order valence-corrected chi connectivity index (χ4v) is 4.94. The zero-order chi connectivity index (χ0) is 38.2. The van der Waals surface area contributed by atoms with E-state index >= 15 is 0 Å². The summed E-state index contributed by atoms with van der Waals surface area (Å²) in [5.74, 6) is -2.24. The Kier molecular flexibility index (Phi) is 22.6. The molecule has 5 atom stereocenters. The van der Waals surface area contributed by atoms with Crippen molar-refractivity contribution >= 4 is 48.1 Å². The quantitative estimate of drug-likeness (QED) is 0.0217. The van der Waals surface area contributed by atoms with Gasteiger partial charge < -0.3 is 47.2 Å². The predicted octanol–water partition coefficient (Wildman–Crippen LogP) is -1.91. The maximum atomic E-state index is 13.3. The van der Waals surface area contributed by atoms with Crippen LogP contribution in [-0.4, -0.2) is 120 Å². The Hall–Kier alpha value is -4.21. The number of carbonyl (C=O) groups is 6.